The first-order valence-corrected chi connectivity index (χ1v) is 6.57. The number of hydrogen-bond acceptors (Lipinski definition) is 4. The highest BCUT2D eigenvalue weighted by Crippen LogP contribution is 2.18. The van der Waals surface area contributed by atoms with Gasteiger partial charge in [-0.15, -0.1) is 0 Å². The van der Waals surface area contributed by atoms with Crippen molar-refractivity contribution in [1.82, 2.24) is 4.31 Å². The Morgan fingerprint density at radius 3 is 2.35 bits per heavy atom. The van der Waals surface area contributed by atoms with E-state index in [4.69, 9.17) is 5.73 Å². The lowest BCUT2D eigenvalue weighted by atomic mass is 10.5. The molecule has 0 atom stereocenters. The Kier molecular flexibility index (Phi) is 6.98. The van der Waals surface area contributed by atoms with Gasteiger partial charge in [0.25, 0.3) is 0 Å². The van der Waals surface area contributed by atoms with Gasteiger partial charge in [0, 0.05) is 26.8 Å². The Morgan fingerprint density at radius 1 is 1.35 bits per heavy atom. The molecule has 0 aromatic heterocycles. The smallest absolute Gasteiger partial charge is 0.385 e. The summed E-state index contributed by atoms with van der Waals surface area (Å²) in [6.45, 7) is -1.81. The fourth-order valence-electron chi connectivity index (χ4n) is 1.18. The van der Waals surface area contributed by atoms with E-state index in [0.717, 1.165) is 0 Å². The van der Waals surface area contributed by atoms with Gasteiger partial charge in [-0.2, -0.15) is 17.5 Å². The van der Waals surface area contributed by atoms with E-state index in [-0.39, 0.29) is 31.9 Å². The van der Waals surface area contributed by atoms with Gasteiger partial charge < -0.3 is 10.5 Å². The highest BCUT2D eigenvalue weighted by Gasteiger charge is 2.35. The fraction of sp³-hybridized carbons (Fsp3) is 1.00. The molecule has 0 aliphatic heterocycles. The molecule has 0 unspecified atom stereocenters. The molecule has 0 saturated heterocycles. The van der Waals surface area contributed by atoms with Crippen LogP contribution in [0, 0.1) is 0 Å². The van der Waals surface area contributed by atoms with Crippen molar-refractivity contribution in [3.8, 4) is 0 Å². The Balaban J connectivity index is 4.56. The third-order valence-corrected chi connectivity index (χ3v) is 3.78. The van der Waals surface area contributed by atoms with Crippen LogP contribution in [0.5, 0.6) is 0 Å². The second-order valence-electron chi connectivity index (χ2n) is 3.40. The third kappa shape index (κ3) is 7.53. The summed E-state index contributed by atoms with van der Waals surface area (Å²) in [7, 11) is -2.55. The second-order valence-corrected chi connectivity index (χ2v) is 5.49. The lowest BCUT2D eigenvalue weighted by Crippen LogP contribution is -2.42. The summed E-state index contributed by atoms with van der Waals surface area (Å²) in [5, 5.41) is 0. The van der Waals surface area contributed by atoms with Gasteiger partial charge >= 0.3 is 6.18 Å². The predicted octanol–water partition coefficient (Wildman–Crippen LogP) is 0.176. The summed E-state index contributed by atoms with van der Waals surface area (Å²) in [5.74, 6) is -0.378. The summed E-state index contributed by atoms with van der Waals surface area (Å²) in [6.07, 6.45) is -4.42. The Labute approximate surface area is 98.8 Å². The molecule has 0 aliphatic carbocycles. The molecular formula is C8H17F3N2O3S. The molecule has 0 aromatic rings. The SMILES string of the molecule is COCCCS(=O)(=O)N(CCN)CC(F)(F)F. The van der Waals surface area contributed by atoms with E-state index in [0.29, 0.717) is 4.31 Å². The van der Waals surface area contributed by atoms with Crippen LogP contribution < -0.4 is 5.73 Å². The number of sulfonamides is 1. The normalized spacial score (nSPS) is 13.3. The predicted molar refractivity (Wildman–Crippen MR) is 57.0 cm³/mol. The number of alkyl halides is 3. The molecule has 2 N–H and O–H groups in total. The molecule has 0 bridgehead atoms. The van der Waals surface area contributed by atoms with Crippen molar-refractivity contribution < 1.29 is 26.3 Å². The Bertz CT molecular complexity index is 306. The van der Waals surface area contributed by atoms with E-state index in [1.165, 1.54) is 7.11 Å². The van der Waals surface area contributed by atoms with Crippen LogP contribution in [-0.4, -0.2) is 58.0 Å². The van der Waals surface area contributed by atoms with Crippen LogP contribution in [0.2, 0.25) is 0 Å². The van der Waals surface area contributed by atoms with Crippen LogP contribution in [0.1, 0.15) is 6.42 Å². The van der Waals surface area contributed by atoms with Crippen LogP contribution in [0.15, 0.2) is 0 Å². The molecule has 0 heterocycles. The maximum absolute atomic E-state index is 12.2. The number of rotatable bonds is 8. The molecule has 0 radical (unpaired) electrons. The van der Waals surface area contributed by atoms with Gasteiger partial charge in [0.05, 0.1) is 5.75 Å². The Hall–Kier alpha value is -0.380. The highest BCUT2D eigenvalue weighted by atomic mass is 32.2. The monoisotopic (exact) mass is 278 g/mol. The first-order chi connectivity index (χ1) is 7.73. The molecule has 0 aromatic carbocycles. The van der Waals surface area contributed by atoms with Crippen molar-refractivity contribution in [2.24, 2.45) is 5.73 Å². The van der Waals surface area contributed by atoms with E-state index in [2.05, 4.69) is 4.74 Å². The van der Waals surface area contributed by atoms with Crippen LogP contribution in [0.25, 0.3) is 0 Å². The van der Waals surface area contributed by atoms with E-state index < -0.39 is 22.7 Å². The summed E-state index contributed by atoms with van der Waals surface area (Å²) in [4.78, 5) is 0. The minimum Gasteiger partial charge on any atom is -0.385 e. The van der Waals surface area contributed by atoms with Crippen LogP contribution in [0.3, 0.4) is 0 Å². The van der Waals surface area contributed by atoms with Crippen molar-refractivity contribution in [2.75, 3.05) is 39.1 Å². The molecular weight excluding hydrogens is 261 g/mol. The molecule has 17 heavy (non-hydrogen) atoms. The summed E-state index contributed by atoms with van der Waals surface area (Å²) < 4.78 is 64.7. The molecule has 0 aliphatic rings. The van der Waals surface area contributed by atoms with Gasteiger partial charge in [-0.3, -0.25) is 0 Å². The summed E-state index contributed by atoms with van der Waals surface area (Å²) in [5.41, 5.74) is 5.10. The number of hydrogen-bond donors (Lipinski definition) is 1. The Morgan fingerprint density at radius 2 is 1.94 bits per heavy atom. The minimum absolute atomic E-state index is 0.151. The number of ether oxygens (including phenoxy) is 1. The lowest BCUT2D eigenvalue weighted by Gasteiger charge is -2.22. The number of methoxy groups -OCH3 is 1. The molecule has 104 valence electrons. The largest absolute Gasteiger partial charge is 0.402 e. The van der Waals surface area contributed by atoms with Crippen molar-refractivity contribution in [2.45, 2.75) is 12.6 Å². The quantitative estimate of drug-likeness (QED) is 0.643. The molecule has 0 saturated carbocycles. The van der Waals surface area contributed by atoms with Gasteiger partial charge in [-0.1, -0.05) is 0 Å². The lowest BCUT2D eigenvalue weighted by molar-refractivity contribution is -0.135. The van der Waals surface area contributed by atoms with Crippen LogP contribution in [0.4, 0.5) is 13.2 Å². The summed E-state index contributed by atoms with van der Waals surface area (Å²) in [6, 6.07) is 0. The molecule has 0 fully saturated rings. The summed E-state index contributed by atoms with van der Waals surface area (Å²) >= 11 is 0. The number of nitrogens with two attached hydrogens (primary N) is 1. The average Bonchev–Trinajstić information content (AvgIpc) is 2.15. The molecule has 0 rings (SSSR count). The van der Waals surface area contributed by atoms with E-state index >= 15 is 0 Å². The maximum Gasteiger partial charge on any atom is 0.402 e. The van der Waals surface area contributed by atoms with E-state index in [9.17, 15) is 21.6 Å². The zero-order chi connectivity index (χ0) is 13.5. The van der Waals surface area contributed by atoms with Crippen molar-refractivity contribution in [1.29, 1.82) is 0 Å². The molecule has 9 heteroatoms. The van der Waals surface area contributed by atoms with Crippen molar-refractivity contribution >= 4 is 10.0 Å². The molecule has 0 amide bonds. The van der Waals surface area contributed by atoms with Crippen LogP contribution >= 0.6 is 0 Å². The zero-order valence-corrected chi connectivity index (χ0v) is 10.4. The fourth-order valence-corrected chi connectivity index (χ4v) is 2.64. The number of nitrogens with zero attached hydrogens (tertiary/aromatic N) is 1. The first-order valence-electron chi connectivity index (χ1n) is 4.96. The molecule has 5 nitrogen and oxygen atoms in total. The maximum atomic E-state index is 12.2. The second kappa shape index (κ2) is 7.14. The third-order valence-electron chi connectivity index (χ3n) is 1.88. The number of halogens is 3. The van der Waals surface area contributed by atoms with Crippen molar-refractivity contribution in [3.63, 3.8) is 0 Å². The minimum atomic E-state index is -4.57. The highest BCUT2D eigenvalue weighted by molar-refractivity contribution is 7.89. The van der Waals surface area contributed by atoms with E-state index in [1.807, 2.05) is 0 Å². The topological polar surface area (TPSA) is 72.6 Å². The zero-order valence-electron chi connectivity index (χ0n) is 9.53. The first kappa shape index (κ1) is 16.6. The van der Waals surface area contributed by atoms with Gasteiger partial charge in [-0.05, 0) is 6.42 Å². The van der Waals surface area contributed by atoms with Gasteiger partial charge in [-0.25, -0.2) is 8.42 Å². The average molecular weight is 278 g/mol. The molecule has 0 spiro atoms. The van der Waals surface area contributed by atoms with Gasteiger partial charge in [0.1, 0.15) is 6.54 Å². The van der Waals surface area contributed by atoms with Crippen LogP contribution in [-0.2, 0) is 14.8 Å². The van der Waals surface area contributed by atoms with Crippen molar-refractivity contribution in [3.05, 3.63) is 0 Å². The standard InChI is InChI=1S/C8H17F3N2O3S/c1-16-5-2-6-17(14,15)13(4-3-12)7-8(9,10)11/h2-7,12H2,1H3. The van der Waals surface area contributed by atoms with E-state index in [1.54, 1.807) is 0 Å². The van der Waals surface area contributed by atoms with Gasteiger partial charge in [0.2, 0.25) is 10.0 Å². The van der Waals surface area contributed by atoms with Gasteiger partial charge in [0.15, 0.2) is 0 Å².